The van der Waals surface area contributed by atoms with Gasteiger partial charge in [0.1, 0.15) is 29.6 Å². The Balaban J connectivity index is 1.67. The lowest BCUT2D eigenvalue weighted by molar-refractivity contribution is -0.164. The first kappa shape index (κ1) is 29.6. The van der Waals surface area contributed by atoms with Gasteiger partial charge in [0.15, 0.2) is 0 Å². The number of allylic oxidation sites excluding steroid dienone is 3. The Bertz CT molecular complexity index is 908. The summed E-state index contributed by atoms with van der Waals surface area (Å²) in [5, 5.41) is 0. The summed E-state index contributed by atoms with van der Waals surface area (Å²) in [6, 6.07) is 0. The van der Waals surface area contributed by atoms with E-state index in [0.29, 0.717) is 19.3 Å². The van der Waals surface area contributed by atoms with Crippen LogP contribution >= 0.6 is 0 Å². The number of alkyl halides is 1. The maximum absolute atomic E-state index is 14.7. The minimum absolute atomic E-state index is 0.0378. The second-order valence-corrected chi connectivity index (χ2v) is 11.6. The summed E-state index contributed by atoms with van der Waals surface area (Å²) in [6.07, 6.45) is 11.9. The van der Waals surface area contributed by atoms with Gasteiger partial charge in [-0.2, -0.15) is 0 Å². The number of cyclic esters (lactones) is 1. The number of esters is 2. The van der Waals surface area contributed by atoms with E-state index in [1.54, 1.807) is 6.92 Å². The lowest BCUT2D eigenvalue weighted by Crippen LogP contribution is -2.41. The average Bonchev–Trinajstić information content (AvgIpc) is 3.48. The normalized spacial score (nSPS) is 37.8. The van der Waals surface area contributed by atoms with Gasteiger partial charge >= 0.3 is 11.9 Å². The van der Waals surface area contributed by atoms with Gasteiger partial charge in [-0.1, -0.05) is 51.5 Å². The second-order valence-electron chi connectivity index (χ2n) is 11.6. The standard InChI is InChI=1S/C30H45FO6/c1-8-15-29(6,31)28-24(35-28)17-19(2)10-9-11-20(3)27-21(4)12-13-25(34-22(5)32)30(7)16-14-23(37-30)18-26(33)36-27/h9-13,19,21,23-25,27-28H,8,14-18H2,1-7H3/b10-9+,13-12-,20-11+. The van der Waals surface area contributed by atoms with E-state index in [0.717, 1.165) is 18.4 Å². The van der Waals surface area contributed by atoms with Gasteiger partial charge in [-0.3, -0.25) is 9.59 Å². The summed E-state index contributed by atoms with van der Waals surface area (Å²) >= 11 is 0. The number of ether oxygens (including phenoxy) is 4. The summed E-state index contributed by atoms with van der Waals surface area (Å²) in [7, 11) is 0. The molecule has 0 amide bonds. The average molecular weight is 521 g/mol. The quantitative estimate of drug-likeness (QED) is 0.156. The maximum Gasteiger partial charge on any atom is 0.309 e. The molecule has 0 aromatic heterocycles. The molecule has 6 nitrogen and oxygen atoms in total. The molecule has 0 aliphatic carbocycles. The SMILES string of the molecule is CCCC(C)(F)C1OC1CC(C)/C=C/C=C(\C)C1OC(=O)CC2CCC(C)(O2)C(OC(C)=O)/C=C\C1C. The van der Waals surface area contributed by atoms with Crippen LogP contribution in [0.15, 0.2) is 36.0 Å². The largest absolute Gasteiger partial charge is 0.457 e. The lowest BCUT2D eigenvalue weighted by Gasteiger charge is -2.31. The zero-order valence-corrected chi connectivity index (χ0v) is 23.5. The van der Waals surface area contributed by atoms with Crippen molar-refractivity contribution in [2.45, 2.75) is 129 Å². The van der Waals surface area contributed by atoms with Crippen LogP contribution in [0.4, 0.5) is 4.39 Å². The van der Waals surface area contributed by atoms with E-state index in [1.165, 1.54) is 6.92 Å². The highest BCUT2D eigenvalue weighted by atomic mass is 19.1. The Kier molecular flexibility index (Phi) is 9.79. The zero-order valence-electron chi connectivity index (χ0n) is 23.5. The molecule has 3 rings (SSSR count). The van der Waals surface area contributed by atoms with Crippen molar-refractivity contribution in [1.29, 1.82) is 0 Å². The number of fused-ring (bicyclic) bond motifs is 2. The Morgan fingerprint density at radius 3 is 2.76 bits per heavy atom. The first-order valence-electron chi connectivity index (χ1n) is 13.8. The molecule has 0 spiro atoms. The Hall–Kier alpha value is -1.99. The molecule has 0 radical (unpaired) electrons. The third-order valence-corrected chi connectivity index (χ3v) is 7.78. The van der Waals surface area contributed by atoms with Gasteiger partial charge in [-0.05, 0) is 64.0 Å². The maximum atomic E-state index is 14.7. The van der Waals surface area contributed by atoms with Crippen LogP contribution in [0.5, 0.6) is 0 Å². The van der Waals surface area contributed by atoms with Crippen LogP contribution in [0.25, 0.3) is 0 Å². The predicted molar refractivity (Wildman–Crippen MR) is 141 cm³/mol. The van der Waals surface area contributed by atoms with Gasteiger partial charge in [0, 0.05) is 12.8 Å². The van der Waals surface area contributed by atoms with Crippen LogP contribution in [0.3, 0.4) is 0 Å². The fourth-order valence-electron chi connectivity index (χ4n) is 5.63. The number of hydrogen-bond donors (Lipinski definition) is 0. The fourth-order valence-corrected chi connectivity index (χ4v) is 5.63. The molecule has 208 valence electrons. The molecule has 0 aromatic carbocycles. The summed E-state index contributed by atoms with van der Waals surface area (Å²) in [5.74, 6) is -0.574. The van der Waals surface area contributed by atoms with Crippen molar-refractivity contribution < 1.29 is 32.9 Å². The topological polar surface area (TPSA) is 74.4 Å². The van der Waals surface area contributed by atoms with E-state index in [4.69, 9.17) is 18.9 Å². The van der Waals surface area contributed by atoms with Crippen molar-refractivity contribution in [1.82, 2.24) is 0 Å². The van der Waals surface area contributed by atoms with Crippen molar-refractivity contribution in [2.75, 3.05) is 0 Å². The van der Waals surface area contributed by atoms with Crippen LogP contribution in [-0.4, -0.2) is 53.7 Å². The molecule has 0 saturated carbocycles. The van der Waals surface area contributed by atoms with Crippen LogP contribution in [0.1, 0.15) is 87.0 Å². The van der Waals surface area contributed by atoms with Crippen LogP contribution < -0.4 is 0 Å². The van der Waals surface area contributed by atoms with E-state index in [1.807, 2.05) is 52.0 Å². The highest BCUT2D eigenvalue weighted by Gasteiger charge is 2.52. The third kappa shape index (κ3) is 8.00. The fraction of sp³-hybridized carbons (Fsp3) is 0.733. The van der Waals surface area contributed by atoms with E-state index in [-0.39, 0.29) is 48.5 Å². The molecule has 7 heteroatoms. The molecule has 2 bridgehead atoms. The van der Waals surface area contributed by atoms with Crippen molar-refractivity contribution in [3.63, 3.8) is 0 Å². The number of hydrogen-bond acceptors (Lipinski definition) is 6. The molecule has 2 fully saturated rings. The molecule has 2 saturated heterocycles. The first-order chi connectivity index (χ1) is 17.3. The van der Waals surface area contributed by atoms with Gasteiger partial charge in [0.05, 0.1) is 18.6 Å². The van der Waals surface area contributed by atoms with Crippen LogP contribution in [-0.2, 0) is 28.5 Å². The Labute approximate surface area is 221 Å². The van der Waals surface area contributed by atoms with Gasteiger partial charge < -0.3 is 18.9 Å². The van der Waals surface area contributed by atoms with Gasteiger partial charge in [0.25, 0.3) is 0 Å². The van der Waals surface area contributed by atoms with E-state index in [2.05, 4.69) is 13.0 Å². The monoisotopic (exact) mass is 520 g/mol. The first-order valence-corrected chi connectivity index (χ1v) is 13.8. The zero-order chi connectivity index (χ0) is 27.4. The van der Waals surface area contributed by atoms with Crippen LogP contribution in [0, 0.1) is 11.8 Å². The van der Waals surface area contributed by atoms with Gasteiger partial charge in [0.2, 0.25) is 0 Å². The molecular formula is C30H45FO6. The molecule has 3 heterocycles. The molecular weight excluding hydrogens is 475 g/mol. The van der Waals surface area contributed by atoms with Crippen molar-refractivity contribution in [3.05, 3.63) is 36.0 Å². The van der Waals surface area contributed by atoms with Crippen LogP contribution in [0.2, 0.25) is 0 Å². The Morgan fingerprint density at radius 1 is 1.35 bits per heavy atom. The smallest absolute Gasteiger partial charge is 0.309 e. The molecule has 37 heavy (non-hydrogen) atoms. The van der Waals surface area contributed by atoms with Crippen molar-refractivity contribution in [3.8, 4) is 0 Å². The molecule has 9 unspecified atom stereocenters. The van der Waals surface area contributed by atoms with E-state index >= 15 is 0 Å². The third-order valence-electron chi connectivity index (χ3n) is 7.78. The summed E-state index contributed by atoms with van der Waals surface area (Å²) < 4.78 is 38.0. The molecule has 3 aliphatic rings. The summed E-state index contributed by atoms with van der Waals surface area (Å²) in [4.78, 5) is 24.6. The molecule has 9 atom stereocenters. The number of carbonyl (C=O) groups is 2. The van der Waals surface area contributed by atoms with E-state index < -0.39 is 23.5 Å². The van der Waals surface area contributed by atoms with E-state index in [9.17, 15) is 14.0 Å². The molecule has 0 N–H and O–H groups in total. The highest BCUT2D eigenvalue weighted by molar-refractivity contribution is 5.70. The summed E-state index contributed by atoms with van der Waals surface area (Å²) in [5.41, 5.74) is -1.02. The minimum Gasteiger partial charge on any atom is -0.457 e. The number of halogens is 1. The van der Waals surface area contributed by atoms with Gasteiger partial charge in [-0.15, -0.1) is 0 Å². The lowest BCUT2D eigenvalue weighted by atomic mass is 9.91. The molecule has 3 aliphatic heterocycles. The minimum atomic E-state index is -1.27. The number of rotatable bonds is 9. The van der Waals surface area contributed by atoms with Gasteiger partial charge in [-0.25, -0.2) is 4.39 Å². The molecule has 0 aromatic rings. The van der Waals surface area contributed by atoms with Crippen molar-refractivity contribution >= 4 is 11.9 Å². The summed E-state index contributed by atoms with van der Waals surface area (Å²) in [6.45, 7) is 13.0. The highest BCUT2D eigenvalue weighted by Crippen LogP contribution is 2.41. The second kappa shape index (κ2) is 12.2. The number of epoxide rings is 1. The predicted octanol–water partition coefficient (Wildman–Crippen LogP) is 6.19. The van der Waals surface area contributed by atoms with Crippen molar-refractivity contribution in [2.24, 2.45) is 11.8 Å². The number of carbonyl (C=O) groups excluding carboxylic acids is 2. The Morgan fingerprint density at radius 2 is 2.08 bits per heavy atom.